The molecule has 1 aromatic carbocycles. The molecule has 0 radical (unpaired) electrons. The average molecular weight is 246 g/mol. The number of anilines is 1. The molecule has 3 heteroatoms. The SMILES string of the molecule is CC1CCSC(Nc2ccc3c(c2)CCC3)=N1. The Morgan fingerprint density at radius 1 is 1.29 bits per heavy atom. The van der Waals surface area contributed by atoms with Gasteiger partial charge in [0.1, 0.15) is 0 Å². The highest BCUT2D eigenvalue weighted by atomic mass is 32.2. The van der Waals surface area contributed by atoms with Crippen LogP contribution in [0.1, 0.15) is 30.9 Å². The van der Waals surface area contributed by atoms with Crippen LogP contribution in [0.2, 0.25) is 0 Å². The van der Waals surface area contributed by atoms with Crippen molar-refractivity contribution in [2.45, 2.75) is 38.6 Å². The summed E-state index contributed by atoms with van der Waals surface area (Å²) in [5.74, 6) is 1.18. The summed E-state index contributed by atoms with van der Waals surface area (Å²) in [7, 11) is 0. The molecular formula is C14H18N2S. The maximum absolute atomic E-state index is 4.64. The van der Waals surface area contributed by atoms with Gasteiger partial charge in [-0.2, -0.15) is 0 Å². The van der Waals surface area contributed by atoms with Gasteiger partial charge in [0.15, 0.2) is 5.17 Å². The molecule has 0 fully saturated rings. The van der Waals surface area contributed by atoms with Crippen molar-refractivity contribution >= 4 is 22.6 Å². The molecule has 0 bridgehead atoms. The summed E-state index contributed by atoms with van der Waals surface area (Å²) in [6, 6.07) is 7.22. The number of hydrogen-bond acceptors (Lipinski definition) is 3. The average Bonchev–Trinajstić information content (AvgIpc) is 2.76. The van der Waals surface area contributed by atoms with Gasteiger partial charge in [-0.3, -0.25) is 4.99 Å². The van der Waals surface area contributed by atoms with Gasteiger partial charge in [-0.1, -0.05) is 17.8 Å². The molecule has 3 rings (SSSR count). The van der Waals surface area contributed by atoms with Crippen LogP contribution >= 0.6 is 11.8 Å². The number of hydrogen-bond donors (Lipinski definition) is 1. The Hall–Kier alpha value is -0.960. The molecule has 90 valence electrons. The molecule has 1 N–H and O–H groups in total. The highest BCUT2D eigenvalue weighted by Crippen LogP contribution is 2.26. The molecule has 1 aromatic rings. The van der Waals surface area contributed by atoms with Crippen LogP contribution in [0.4, 0.5) is 5.69 Å². The molecule has 17 heavy (non-hydrogen) atoms. The lowest BCUT2D eigenvalue weighted by Crippen LogP contribution is -2.18. The lowest BCUT2D eigenvalue weighted by molar-refractivity contribution is 0.720. The smallest absolute Gasteiger partial charge is 0.161 e. The number of aryl methyl sites for hydroxylation is 2. The zero-order chi connectivity index (χ0) is 11.7. The van der Waals surface area contributed by atoms with E-state index in [2.05, 4.69) is 35.4 Å². The van der Waals surface area contributed by atoms with Crippen LogP contribution in [0, 0.1) is 0 Å². The minimum Gasteiger partial charge on any atom is -0.335 e. The number of rotatable bonds is 1. The van der Waals surface area contributed by atoms with Gasteiger partial charge >= 0.3 is 0 Å². The fourth-order valence-electron chi connectivity index (χ4n) is 2.47. The van der Waals surface area contributed by atoms with Crippen molar-refractivity contribution in [3.8, 4) is 0 Å². The molecule has 1 aliphatic heterocycles. The van der Waals surface area contributed by atoms with Gasteiger partial charge in [0.2, 0.25) is 0 Å². The van der Waals surface area contributed by atoms with Crippen molar-refractivity contribution in [1.82, 2.24) is 0 Å². The van der Waals surface area contributed by atoms with Crippen LogP contribution in [-0.4, -0.2) is 17.0 Å². The van der Waals surface area contributed by atoms with E-state index in [1.165, 1.54) is 48.3 Å². The van der Waals surface area contributed by atoms with E-state index in [0.29, 0.717) is 6.04 Å². The summed E-state index contributed by atoms with van der Waals surface area (Å²) in [5, 5.41) is 4.54. The first kappa shape index (κ1) is 11.1. The minimum absolute atomic E-state index is 0.466. The summed E-state index contributed by atoms with van der Waals surface area (Å²) >= 11 is 1.83. The summed E-state index contributed by atoms with van der Waals surface area (Å²) < 4.78 is 0. The topological polar surface area (TPSA) is 24.4 Å². The van der Waals surface area contributed by atoms with Crippen LogP contribution in [0.15, 0.2) is 23.2 Å². The Bertz CT molecular complexity index is 454. The fourth-order valence-corrected chi connectivity index (χ4v) is 3.57. The summed E-state index contributed by atoms with van der Waals surface area (Å²) in [6.07, 6.45) is 4.99. The van der Waals surface area contributed by atoms with Crippen LogP contribution in [0.3, 0.4) is 0 Å². The molecule has 1 heterocycles. The number of benzene rings is 1. The van der Waals surface area contributed by atoms with Gasteiger partial charge in [0.05, 0.1) is 6.04 Å². The van der Waals surface area contributed by atoms with Crippen LogP contribution in [0.25, 0.3) is 0 Å². The maximum Gasteiger partial charge on any atom is 0.161 e. The Labute approximate surface area is 107 Å². The molecule has 0 saturated heterocycles. The second kappa shape index (κ2) is 4.73. The molecule has 0 aromatic heterocycles. The van der Waals surface area contributed by atoms with Crippen molar-refractivity contribution in [3.05, 3.63) is 29.3 Å². The lowest BCUT2D eigenvalue weighted by Gasteiger charge is -2.18. The second-order valence-electron chi connectivity index (χ2n) is 4.88. The van der Waals surface area contributed by atoms with Gasteiger partial charge in [0.25, 0.3) is 0 Å². The lowest BCUT2D eigenvalue weighted by atomic mass is 10.1. The third-order valence-electron chi connectivity index (χ3n) is 3.46. The highest BCUT2D eigenvalue weighted by molar-refractivity contribution is 8.14. The van der Waals surface area contributed by atoms with E-state index < -0.39 is 0 Å². The molecule has 1 unspecified atom stereocenters. The first-order valence-electron chi connectivity index (χ1n) is 6.41. The van der Waals surface area contributed by atoms with E-state index in [1.807, 2.05) is 11.8 Å². The summed E-state index contributed by atoms with van der Waals surface area (Å²) in [5.41, 5.74) is 4.25. The molecule has 1 aliphatic carbocycles. The summed E-state index contributed by atoms with van der Waals surface area (Å²) in [6.45, 7) is 2.18. The molecule has 0 spiro atoms. The molecule has 1 atom stereocenters. The van der Waals surface area contributed by atoms with Gasteiger partial charge in [-0.05, 0) is 55.9 Å². The molecule has 2 nitrogen and oxygen atoms in total. The van der Waals surface area contributed by atoms with Crippen molar-refractivity contribution in [1.29, 1.82) is 0 Å². The summed E-state index contributed by atoms with van der Waals surface area (Å²) in [4.78, 5) is 4.64. The standard InChI is InChI=1S/C14H18N2S/c1-10-7-8-17-14(15-10)16-13-6-5-11-3-2-4-12(11)9-13/h5-6,9-10H,2-4,7-8H2,1H3,(H,15,16). The molecule has 0 saturated carbocycles. The van der Waals surface area contributed by atoms with Gasteiger partial charge < -0.3 is 5.32 Å². The van der Waals surface area contributed by atoms with Gasteiger partial charge in [-0.25, -0.2) is 0 Å². The van der Waals surface area contributed by atoms with E-state index in [0.717, 1.165) is 5.17 Å². The largest absolute Gasteiger partial charge is 0.335 e. The minimum atomic E-state index is 0.466. The normalized spacial score (nSPS) is 23.1. The van der Waals surface area contributed by atoms with Crippen LogP contribution < -0.4 is 5.32 Å². The third kappa shape index (κ3) is 2.49. The number of thioether (sulfide) groups is 1. The first-order valence-corrected chi connectivity index (χ1v) is 7.39. The fraction of sp³-hybridized carbons (Fsp3) is 0.500. The molecular weight excluding hydrogens is 228 g/mol. The van der Waals surface area contributed by atoms with E-state index in [4.69, 9.17) is 0 Å². The quantitative estimate of drug-likeness (QED) is 0.820. The van der Waals surface area contributed by atoms with Crippen molar-refractivity contribution < 1.29 is 0 Å². The number of fused-ring (bicyclic) bond motifs is 1. The number of nitrogens with one attached hydrogen (secondary N) is 1. The maximum atomic E-state index is 4.64. The zero-order valence-electron chi connectivity index (χ0n) is 10.2. The Balaban J connectivity index is 1.77. The Morgan fingerprint density at radius 3 is 3.06 bits per heavy atom. The van der Waals surface area contributed by atoms with Crippen molar-refractivity contribution in [2.75, 3.05) is 11.1 Å². The predicted octanol–water partition coefficient (Wildman–Crippen LogP) is 3.47. The van der Waals surface area contributed by atoms with E-state index in [-0.39, 0.29) is 0 Å². The number of amidine groups is 1. The Kier molecular flexibility index (Phi) is 3.10. The van der Waals surface area contributed by atoms with Gasteiger partial charge in [-0.15, -0.1) is 0 Å². The van der Waals surface area contributed by atoms with Crippen LogP contribution in [0.5, 0.6) is 0 Å². The van der Waals surface area contributed by atoms with Crippen molar-refractivity contribution in [3.63, 3.8) is 0 Å². The van der Waals surface area contributed by atoms with E-state index in [9.17, 15) is 0 Å². The number of aliphatic imine (C=N–C) groups is 1. The third-order valence-corrected chi connectivity index (χ3v) is 4.38. The molecule has 0 amide bonds. The molecule has 2 aliphatic rings. The van der Waals surface area contributed by atoms with Gasteiger partial charge in [0, 0.05) is 11.4 Å². The van der Waals surface area contributed by atoms with Crippen molar-refractivity contribution in [2.24, 2.45) is 4.99 Å². The second-order valence-corrected chi connectivity index (χ2v) is 5.97. The van der Waals surface area contributed by atoms with E-state index >= 15 is 0 Å². The Morgan fingerprint density at radius 2 is 2.18 bits per heavy atom. The highest BCUT2D eigenvalue weighted by Gasteiger charge is 2.14. The predicted molar refractivity (Wildman–Crippen MR) is 76.1 cm³/mol. The zero-order valence-corrected chi connectivity index (χ0v) is 11.0. The first-order chi connectivity index (χ1) is 8.31. The van der Waals surface area contributed by atoms with E-state index in [1.54, 1.807) is 0 Å². The number of nitrogens with zero attached hydrogens (tertiary/aromatic N) is 1. The monoisotopic (exact) mass is 246 g/mol. The van der Waals surface area contributed by atoms with Crippen LogP contribution in [-0.2, 0) is 12.8 Å².